The number of ether oxygens (including phenoxy) is 1. The second-order valence-corrected chi connectivity index (χ2v) is 4.79. The molecule has 0 atom stereocenters. The topological polar surface area (TPSA) is 81.2 Å². The molecule has 110 valence electrons. The summed E-state index contributed by atoms with van der Waals surface area (Å²) in [4.78, 5) is 23.7. The molecule has 0 saturated carbocycles. The molecule has 0 spiro atoms. The van der Waals surface area contributed by atoms with E-state index in [1.165, 1.54) is 24.3 Å². The Kier molecular flexibility index (Phi) is 4.94. The van der Waals surface area contributed by atoms with E-state index in [0.717, 1.165) is 11.5 Å². The molecule has 0 aliphatic heterocycles. The van der Waals surface area contributed by atoms with Crippen LogP contribution in [0.1, 0.15) is 22.3 Å². The minimum atomic E-state index is -0.629. The van der Waals surface area contributed by atoms with Crippen LogP contribution in [-0.4, -0.2) is 28.1 Å². The van der Waals surface area contributed by atoms with Crippen molar-refractivity contribution < 1.29 is 18.7 Å². The highest BCUT2D eigenvalue weighted by molar-refractivity contribution is 7.07. The van der Waals surface area contributed by atoms with Crippen molar-refractivity contribution in [1.82, 2.24) is 9.59 Å². The zero-order valence-electron chi connectivity index (χ0n) is 11.1. The summed E-state index contributed by atoms with van der Waals surface area (Å²) < 4.78 is 21.3. The molecule has 0 bridgehead atoms. The zero-order chi connectivity index (χ0) is 15.2. The van der Waals surface area contributed by atoms with Crippen LogP contribution >= 0.6 is 11.5 Å². The molecule has 1 aromatic carbocycles. The number of aryl methyl sites for hydroxylation is 1. The predicted molar refractivity (Wildman–Crippen MR) is 74.6 cm³/mol. The molecule has 0 saturated heterocycles. The van der Waals surface area contributed by atoms with Gasteiger partial charge in [0, 0.05) is 5.69 Å². The van der Waals surface area contributed by atoms with Crippen molar-refractivity contribution in [2.75, 3.05) is 11.9 Å². The van der Waals surface area contributed by atoms with E-state index in [1.54, 1.807) is 0 Å². The van der Waals surface area contributed by atoms with Crippen LogP contribution in [0.25, 0.3) is 0 Å². The van der Waals surface area contributed by atoms with Gasteiger partial charge < -0.3 is 10.1 Å². The Morgan fingerprint density at radius 3 is 2.71 bits per heavy atom. The van der Waals surface area contributed by atoms with E-state index in [9.17, 15) is 14.0 Å². The molecule has 0 fully saturated rings. The first-order valence-electron chi connectivity index (χ1n) is 6.14. The number of halogens is 1. The van der Waals surface area contributed by atoms with Gasteiger partial charge in [0.15, 0.2) is 11.5 Å². The van der Waals surface area contributed by atoms with Crippen molar-refractivity contribution in [3.63, 3.8) is 0 Å². The van der Waals surface area contributed by atoms with Crippen molar-refractivity contribution in [2.24, 2.45) is 0 Å². The maximum atomic E-state index is 12.7. The molecule has 8 heteroatoms. The van der Waals surface area contributed by atoms with Crippen LogP contribution in [0.5, 0.6) is 0 Å². The number of benzene rings is 1. The number of anilines is 1. The number of rotatable bonds is 5. The Morgan fingerprint density at radius 2 is 2.05 bits per heavy atom. The third-order valence-electron chi connectivity index (χ3n) is 2.54. The number of nitrogens with zero attached hydrogens (tertiary/aromatic N) is 2. The summed E-state index contributed by atoms with van der Waals surface area (Å²) in [5.41, 5.74) is 0.968. The molecular weight excluding hydrogens is 297 g/mol. The average Bonchev–Trinajstić information content (AvgIpc) is 2.96. The van der Waals surface area contributed by atoms with E-state index >= 15 is 0 Å². The van der Waals surface area contributed by atoms with E-state index < -0.39 is 24.3 Å². The van der Waals surface area contributed by atoms with E-state index in [0.29, 0.717) is 22.7 Å². The largest absolute Gasteiger partial charge is 0.451 e. The number of carbonyl (C=O) groups excluding carboxylic acids is 2. The fourth-order valence-corrected chi connectivity index (χ4v) is 2.17. The fraction of sp³-hybridized carbons (Fsp3) is 0.231. The summed E-state index contributed by atoms with van der Waals surface area (Å²) in [5, 5.41) is 6.28. The third-order valence-corrected chi connectivity index (χ3v) is 3.29. The Morgan fingerprint density at radius 1 is 1.33 bits per heavy atom. The van der Waals surface area contributed by atoms with E-state index in [1.807, 2.05) is 6.92 Å². The highest BCUT2D eigenvalue weighted by Gasteiger charge is 2.17. The number of hydrogen-bond donors (Lipinski definition) is 1. The summed E-state index contributed by atoms with van der Waals surface area (Å²) in [5.74, 6) is -1.54. The van der Waals surface area contributed by atoms with Gasteiger partial charge in [-0.15, -0.1) is 5.10 Å². The highest BCUT2D eigenvalue weighted by atomic mass is 32.1. The van der Waals surface area contributed by atoms with Crippen LogP contribution in [0.3, 0.4) is 0 Å². The number of amides is 1. The van der Waals surface area contributed by atoms with Gasteiger partial charge in [0.05, 0.1) is 5.69 Å². The summed E-state index contributed by atoms with van der Waals surface area (Å²) in [7, 11) is 0. The second-order valence-electron chi connectivity index (χ2n) is 4.03. The maximum Gasteiger partial charge on any atom is 0.352 e. The second kappa shape index (κ2) is 6.89. The van der Waals surface area contributed by atoms with E-state index in [4.69, 9.17) is 4.74 Å². The predicted octanol–water partition coefficient (Wildman–Crippen LogP) is 2.04. The van der Waals surface area contributed by atoms with Crippen molar-refractivity contribution >= 4 is 29.1 Å². The van der Waals surface area contributed by atoms with Gasteiger partial charge in [0.2, 0.25) is 0 Å². The van der Waals surface area contributed by atoms with Crippen LogP contribution in [0.2, 0.25) is 0 Å². The van der Waals surface area contributed by atoms with E-state index in [-0.39, 0.29) is 0 Å². The molecule has 1 N–H and O–H groups in total. The first-order valence-corrected chi connectivity index (χ1v) is 6.91. The van der Waals surface area contributed by atoms with Crippen molar-refractivity contribution in [1.29, 1.82) is 0 Å². The lowest BCUT2D eigenvalue weighted by atomic mass is 10.3. The molecule has 0 radical (unpaired) electrons. The van der Waals surface area contributed by atoms with E-state index in [2.05, 4.69) is 14.9 Å². The molecule has 2 aromatic rings. The van der Waals surface area contributed by atoms with Gasteiger partial charge >= 0.3 is 5.97 Å². The SMILES string of the molecule is CCc1nnsc1C(=O)OCC(=O)Nc1ccc(F)cc1. The Labute approximate surface area is 124 Å². The van der Waals surface area contributed by atoms with Crippen LogP contribution < -0.4 is 5.32 Å². The fourth-order valence-electron chi connectivity index (χ4n) is 1.52. The van der Waals surface area contributed by atoms with Crippen LogP contribution in [0.15, 0.2) is 24.3 Å². The number of carbonyl (C=O) groups is 2. The minimum absolute atomic E-state index is 0.298. The number of aromatic nitrogens is 2. The molecule has 0 unspecified atom stereocenters. The maximum absolute atomic E-state index is 12.7. The molecule has 2 rings (SSSR count). The average molecular weight is 309 g/mol. The van der Waals surface area contributed by atoms with Gasteiger partial charge in [-0.25, -0.2) is 9.18 Å². The van der Waals surface area contributed by atoms with Gasteiger partial charge in [0.1, 0.15) is 5.82 Å². The molecule has 21 heavy (non-hydrogen) atoms. The lowest BCUT2D eigenvalue weighted by Gasteiger charge is -2.06. The first-order chi connectivity index (χ1) is 10.1. The molecule has 0 aliphatic carbocycles. The van der Waals surface area contributed by atoms with Gasteiger partial charge in [-0.3, -0.25) is 4.79 Å². The van der Waals surface area contributed by atoms with Crippen LogP contribution in [0.4, 0.5) is 10.1 Å². The number of esters is 1. The van der Waals surface area contributed by atoms with Gasteiger partial charge in [-0.05, 0) is 42.2 Å². The smallest absolute Gasteiger partial charge is 0.352 e. The summed E-state index contributed by atoms with van der Waals surface area (Å²) >= 11 is 0.930. The van der Waals surface area contributed by atoms with Gasteiger partial charge in [-0.2, -0.15) is 0 Å². The summed E-state index contributed by atoms with van der Waals surface area (Å²) in [6.45, 7) is 1.41. The van der Waals surface area contributed by atoms with Crippen molar-refractivity contribution in [3.8, 4) is 0 Å². The Balaban J connectivity index is 1.86. The molecule has 1 aromatic heterocycles. The van der Waals surface area contributed by atoms with Crippen molar-refractivity contribution in [2.45, 2.75) is 13.3 Å². The summed E-state index contributed by atoms with van der Waals surface area (Å²) in [6, 6.07) is 5.27. The van der Waals surface area contributed by atoms with Gasteiger partial charge in [0.25, 0.3) is 5.91 Å². The number of nitrogens with one attached hydrogen (secondary N) is 1. The van der Waals surface area contributed by atoms with Crippen molar-refractivity contribution in [3.05, 3.63) is 40.7 Å². The van der Waals surface area contributed by atoms with Crippen LogP contribution in [0, 0.1) is 5.82 Å². The molecule has 6 nitrogen and oxygen atoms in total. The molecule has 1 heterocycles. The monoisotopic (exact) mass is 309 g/mol. The lowest BCUT2D eigenvalue weighted by Crippen LogP contribution is -2.21. The first kappa shape index (κ1) is 15.0. The molecular formula is C13H12FN3O3S. The standard InChI is InChI=1S/C13H12FN3O3S/c1-2-10-12(21-17-16-10)13(19)20-7-11(18)15-9-5-3-8(14)4-6-9/h3-6H,2,7H2,1H3,(H,15,18). The third kappa shape index (κ3) is 4.06. The Bertz CT molecular complexity index is 642. The number of hydrogen-bond acceptors (Lipinski definition) is 6. The Hall–Kier alpha value is -2.35. The normalized spacial score (nSPS) is 10.2. The lowest BCUT2D eigenvalue weighted by molar-refractivity contribution is -0.119. The summed E-state index contributed by atoms with van der Waals surface area (Å²) in [6.07, 6.45) is 0.558. The molecule has 1 amide bonds. The minimum Gasteiger partial charge on any atom is -0.451 e. The highest BCUT2D eigenvalue weighted by Crippen LogP contribution is 2.13. The van der Waals surface area contributed by atoms with Gasteiger partial charge in [-0.1, -0.05) is 11.4 Å². The quantitative estimate of drug-likeness (QED) is 0.855. The zero-order valence-corrected chi connectivity index (χ0v) is 11.9. The van der Waals surface area contributed by atoms with Crippen LogP contribution in [-0.2, 0) is 16.0 Å². The molecule has 0 aliphatic rings.